The average molecular weight is 547 g/mol. The van der Waals surface area contributed by atoms with Crippen molar-refractivity contribution in [3.05, 3.63) is 34.6 Å². The quantitative estimate of drug-likeness (QED) is 0.363. The van der Waals surface area contributed by atoms with Crippen LogP contribution in [-0.2, 0) is 21.6 Å². The Morgan fingerprint density at radius 2 is 1.90 bits per heavy atom. The topological polar surface area (TPSA) is 99.3 Å². The molecule has 3 heterocycles. The Morgan fingerprint density at radius 1 is 1.17 bits per heavy atom. The van der Waals surface area contributed by atoms with E-state index in [9.17, 15) is 13.2 Å². The summed E-state index contributed by atoms with van der Waals surface area (Å²) in [5.74, 6) is 0. The fourth-order valence-electron chi connectivity index (χ4n) is 3.32. The van der Waals surface area contributed by atoms with Crippen molar-refractivity contribution < 1.29 is 13.2 Å². The van der Waals surface area contributed by atoms with Crippen molar-refractivity contribution in [3.63, 3.8) is 0 Å². The van der Waals surface area contributed by atoms with Crippen LogP contribution in [0, 0.1) is 0 Å². The lowest BCUT2D eigenvalue weighted by Crippen LogP contribution is -2.40. The van der Waals surface area contributed by atoms with Crippen molar-refractivity contribution in [1.82, 2.24) is 19.3 Å². The highest BCUT2D eigenvalue weighted by molar-refractivity contribution is 14.2. The average Bonchev–Trinajstić information content (AvgIpc) is 3.08. The van der Waals surface area contributed by atoms with Gasteiger partial charge in [-0.15, -0.1) is 0 Å². The van der Waals surface area contributed by atoms with Crippen LogP contribution in [-0.4, -0.2) is 60.3 Å². The molecule has 1 fully saturated rings. The van der Waals surface area contributed by atoms with E-state index in [0.29, 0.717) is 55.1 Å². The Morgan fingerprint density at radius 3 is 2.55 bits per heavy atom. The summed E-state index contributed by atoms with van der Waals surface area (Å²) in [5, 5.41) is 9.76. The SMILES string of the molecule is Cn1nc(-c2nn(PI)c3ccc(S(C)(=O)=O)cc23)cc(N2CCOCC2)c1=O. The number of anilines is 1. The first-order chi connectivity index (χ1) is 13.8. The molecule has 0 amide bonds. The molecule has 1 aromatic carbocycles. The van der Waals surface area contributed by atoms with Gasteiger partial charge in [-0.1, -0.05) is 0 Å². The number of hydrogen-bond acceptors (Lipinski definition) is 7. The van der Waals surface area contributed by atoms with Crippen molar-refractivity contribution in [1.29, 1.82) is 0 Å². The third-order valence-corrected chi connectivity index (χ3v) is 7.78. The molecule has 1 aliphatic heterocycles. The standard InChI is InChI=1S/C17H19IN5O4PS/c1-21-17(24)15(22-5-7-27-8-6-22)10-13(19-21)16-12-9-11(29(2,25)26)3-4-14(12)23(20-16)28-18/h3-4,9-10,28H,5-8H2,1-2H3. The number of rotatable bonds is 4. The number of fused-ring (bicyclic) bond motifs is 1. The third kappa shape index (κ3) is 3.92. The molecule has 0 saturated carbocycles. The Hall–Kier alpha value is -1.56. The number of aromatic nitrogens is 4. The summed E-state index contributed by atoms with van der Waals surface area (Å²) in [6.07, 6.45) is 1.51. The minimum absolute atomic E-state index is 0.188. The lowest BCUT2D eigenvalue weighted by Gasteiger charge is -2.28. The smallest absolute Gasteiger partial charge is 0.290 e. The lowest BCUT2D eigenvalue weighted by molar-refractivity contribution is 0.122. The molecule has 0 N–H and O–H groups in total. The van der Waals surface area contributed by atoms with E-state index in [4.69, 9.17) is 4.74 Å². The van der Waals surface area contributed by atoms with Gasteiger partial charge in [0.2, 0.25) is 0 Å². The number of nitrogens with zero attached hydrogens (tertiary/aromatic N) is 5. The van der Waals surface area contributed by atoms with Gasteiger partial charge in [-0.05, 0) is 46.3 Å². The van der Waals surface area contributed by atoms with E-state index >= 15 is 0 Å². The maximum atomic E-state index is 12.7. The lowest BCUT2D eigenvalue weighted by atomic mass is 10.1. The highest BCUT2D eigenvalue weighted by atomic mass is 127. The Labute approximate surface area is 182 Å². The summed E-state index contributed by atoms with van der Waals surface area (Å²) >= 11 is 2.23. The minimum atomic E-state index is -3.37. The zero-order valence-corrected chi connectivity index (χ0v) is 19.8. The van der Waals surface area contributed by atoms with Gasteiger partial charge in [0.15, 0.2) is 9.84 Å². The largest absolute Gasteiger partial charge is 0.378 e. The van der Waals surface area contributed by atoms with Crippen LogP contribution in [0.3, 0.4) is 0 Å². The third-order valence-electron chi connectivity index (χ3n) is 4.80. The highest BCUT2D eigenvalue weighted by Crippen LogP contribution is 2.35. The molecule has 2 aromatic heterocycles. The van der Waals surface area contributed by atoms with Crippen LogP contribution in [0.4, 0.5) is 5.69 Å². The first-order valence-electron chi connectivity index (χ1n) is 8.80. The minimum Gasteiger partial charge on any atom is -0.378 e. The number of benzene rings is 1. The van der Waals surface area contributed by atoms with E-state index in [2.05, 4.69) is 32.2 Å². The fraction of sp³-hybridized carbons (Fsp3) is 0.353. The number of morpholine rings is 1. The summed E-state index contributed by atoms with van der Waals surface area (Å²) < 4.78 is 32.6. The molecule has 9 nitrogen and oxygen atoms in total. The van der Waals surface area contributed by atoms with E-state index in [1.165, 1.54) is 10.9 Å². The number of ether oxygens (including phenoxy) is 1. The van der Waals surface area contributed by atoms with Gasteiger partial charge in [0.05, 0.1) is 30.0 Å². The Balaban J connectivity index is 1.94. The number of hydrogen-bond donors (Lipinski definition) is 0. The van der Waals surface area contributed by atoms with Gasteiger partial charge >= 0.3 is 0 Å². The van der Waals surface area contributed by atoms with E-state index in [-0.39, 0.29) is 10.5 Å². The Bertz CT molecular complexity index is 1250. The van der Waals surface area contributed by atoms with Gasteiger partial charge in [-0.3, -0.25) is 4.79 Å². The molecule has 0 radical (unpaired) electrons. The molecular weight excluding hydrogens is 528 g/mol. The monoisotopic (exact) mass is 547 g/mol. The summed E-state index contributed by atoms with van der Waals surface area (Å²) in [4.78, 5) is 14.9. The first-order valence-corrected chi connectivity index (χ1v) is 14.8. The summed E-state index contributed by atoms with van der Waals surface area (Å²) in [7, 11) is -1.76. The number of sulfone groups is 1. The molecule has 1 unspecified atom stereocenters. The van der Waals surface area contributed by atoms with Crippen LogP contribution in [0.25, 0.3) is 22.3 Å². The molecule has 12 heteroatoms. The number of aryl methyl sites for hydroxylation is 1. The molecule has 0 bridgehead atoms. The molecule has 1 aliphatic rings. The van der Waals surface area contributed by atoms with Crippen LogP contribution in [0.2, 0.25) is 0 Å². The molecule has 154 valence electrons. The first kappa shape index (κ1) is 20.7. The molecular formula is C17H19IN5O4PS. The number of halogens is 1. The second-order valence-corrected chi connectivity index (χ2v) is 10.8. The summed E-state index contributed by atoms with van der Waals surface area (Å²) in [6, 6.07) is 6.72. The van der Waals surface area contributed by atoms with E-state index in [1.54, 1.807) is 31.3 Å². The second kappa shape index (κ2) is 7.93. The second-order valence-electron chi connectivity index (χ2n) is 6.74. The maximum absolute atomic E-state index is 12.7. The highest BCUT2D eigenvalue weighted by Gasteiger charge is 2.21. The Kier molecular flexibility index (Phi) is 5.66. The van der Waals surface area contributed by atoms with Gasteiger partial charge in [0.25, 0.3) is 5.56 Å². The zero-order chi connectivity index (χ0) is 20.8. The molecule has 29 heavy (non-hydrogen) atoms. The van der Waals surface area contributed by atoms with Gasteiger partial charge in [0, 0.05) is 31.8 Å². The maximum Gasteiger partial charge on any atom is 0.290 e. The van der Waals surface area contributed by atoms with E-state index < -0.39 is 9.84 Å². The van der Waals surface area contributed by atoms with Crippen LogP contribution in [0.1, 0.15) is 0 Å². The van der Waals surface area contributed by atoms with Crippen LogP contribution in [0.5, 0.6) is 0 Å². The zero-order valence-electron chi connectivity index (χ0n) is 15.8. The fourth-order valence-corrected chi connectivity index (χ4v) is 5.50. The van der Waals surface area contributed by atoms with E-state index in [0.717, 1.165) is 5.52 Å². The van der Waals surface area contributed by atoms with E-state index in [1.807, 2.05) is 9.35 Å². The molecule has 4 rings (SSSR count). The predicted octanol–water partition coefficient (Wildman–Crippen LogP) is 1.83. The normalized spacial score (nSPS) is 15.6. The van der Waals surface area contributed by atoms with Crippen LogP contribution < -0.4 is 10.5 Å². The predicted molar refractivity (Wildman–Crippen MR) is 122 cm³/mol. The van der Waals surface area contributed by atoms with Gasteiger partial charge in [-0.2, -0.15) is 10.2 Å². The van der Waals surface area contributed by atoms with Gasteiger partial charge in [-0.25, -0.2) is 17.6 Å². The van der Waals surface area contributed by atoms with Gasteiger partial charge < -0.3 is 9.64 Å². The van der Waals surface area contributed by atoms with Crippen molar-refractivity contribution in [2.75, 3.05) is 37.5 Å². The van der Waals surface area contributed by atoms with Crippen molar-refractivity contribution in [2.45, 2.75) is 4.90 Å². The summed E-state index contributed by atoms with van der Waals surface area (Å²) in [5.41, 5.74) is 2.26. The van der Waals surface area contributed by atoms with Crippen molar-refractivity contribution in [3.8, 4) is 11.4 Å². The molecule has 0 aliphatic carbocycles. The summed E-state index contributed by atoms with van der Waals surface area (Å²) in [6.45, 7) is 2.38. The van der Waals surface area contributed by atoms with Gasteiger partial charge in [0.1, 0.15) is 17.1 Å². The van der Waals surface area contributed by atoms with Crippen molar-refractivity contribution >= 4 is 54.8 Å². The molecule has 3 aromatic rings. The molecule has 1 saturated heterocycles. The van der Waals surface area contributed by atoms with Crippen LogP contribution >= 0.6 is 28.4 Å². The van der Waals surface area contributed by atoms with Crippen molar-refractivity contribution in [2.24, 2.45) is 7.05 Å². The molecule has 0 spiro atoms. The van der Waals surface area contributed by atoms with Crippen LogP contribution in [0.15, 0.2) is 34.0 Å². The molecule has 1 atom stereocenters.